The Balaban J connectivity index is 2.23. The SMILES string of the molecule is CCOC(=O)c1nnc(C)n1C1CCCN(CC)C1. The topological polar surface area (TPSA) is 60.2 Å². The Labute approximate surface area is 113 Å². The number of carbonyl (C=O) groups excluding carboxylic acids is 1. The van der Waals surface area contributed by atoms with Gasteiger partial charge in [0, 0.05) is 12.6 Å². The molecule has 1 aliphatic heterocycles. The van der Waals surface area contributed by atoms with Crippen LogP contribution in [0.15, 0.2) is 0 Å². The van der Waals surface area contributed by atoms with Crippen molar-refractivity contribution >= 4 is 5.97 Å². The van der Waals surface area contributed by atoms with Gasteiger partial charge in [-0.1, -0.05) is 6.92 Å². The van der Waals surface area contributed by atoms with Crippen LogP contribution in [0.5, 0.6) is 0 Å². The molecule has 1 aromatic heterocycles. The van der Waals surface area contributed by atoms with E-state index >= 15 is 0 Å². The zero-order valence-corrected chi connectivity index (χ0v) is 11.9. The molecule has 0 aliphatic carbocycles. The smallest absolute Gasteiger partial charge is 0.376 e. The lowest BCUT2D eigenvalue weighted by Gasteiger charge is -2.33. The van der Waals surface area contributed by atoms with Crippen molar-refractivity contribution in [1.82, 2.24) is 19.7 Å². The molecule has 1 saturated heterocycles. The average Bonchev–Trinajstić information content (AvgIpc) is 2.81. The van der Waals surface area contributed by atoms with E-state index in [2.05, 4.69) is 22.0 Å². The Morgan fingerprint density at radius 3 is 2.89 bits per heavy atom. The molecule has 1 aliphatic rings. The number of likely N-dealkylation sites (tertiary alicyclic amines) is 1. The molecule has 0 bridgehead atoms. The number of aryl methyl sites for hydroxylation is 1. The predicted octanol–water partition coefficient (Wildman–Crippen LogP) is 1.42. The molecule has 0 spiro atoms. The predicted molar refractivity (Wildman–Crippen MR) is 71.1 cm³/mol. The van der Waals surface area contributed by atoms with Crippen LogP contribution in [0.2, 0.25) is 0 Å². The fourth-order valence-electron chi connectivity index (χ4n) is 2.67. The summed E-state index contributed by atoms with van der Waals surface area (Å²) >= 11 is 0. The third kappa shape index (κ3) is 2.94. The highest BCUT2D eigenvalue weighted by molar-refractivity contribution is 5.85. The van der Waals surface area contributed by atoms with Gasteiger partial charge in [0.15, 0.2) is 0 Å². The molecule has 0 saturated carbocycles. The fourth-order valence-corrected chi connectivity index (χ4v) is 2.67. The van der Waals surface area contributed by atoms with Crippen molar-refractivity contribution in [2.24, 2.45) is 0 Å². The lowest BCUT2D eigenvalue weighted by atomic mass is 10.1. The van der Waals surface area contributed by atoms with Gasteiger partial charge in [0.1, 0.15) is 5.82 Å². The van der Waals surface area contributed by atoms with Gasteiger partial charge < -0.3 is 14.2 Å². The zero-order valence-electron chi connectivity index (χ0n) is 11.9. The normalized spacial score (nSPS) is 20.5. The number of hydrogen-bond donors (Lipinski definition) is 0. The number of aromatic nitrogens is 3. The van der Waals surface area contributed by atoms with E-state index in [9.17, 15) is 4.79 Å². The van der Waals surface area contributed by atoms with Crippen molar-refractivity contribution in [2.75, 3.05) is 26.2 Å². The highest BCUT2D eigenvalue weighted by atomic mass is 16.5. The van der Waals surface area contributed by atoms with Crippen molar-refractivity contribution in [3.63, 3.8) is 0 Å². The summed E-state index contributed by atoms with van der Waals surface area (Å²) < 4.78 is 6.99. The molecule has 106 valence electrons. The molecule has 0 amide bonds. The van der Waals surface area contributed by atoms with Gasteiger partial charge in [0.2, 0.25) is 5.82 Å². The number of esters is 1. The molecule has 6 nitrogen and oxygen atoms in total. The summed E-state index contributed by atoms with van der Waals surface area (Å²) in [7, 11) is 0. The van der Waals surface area contributed by atoms with Gasteiger partial charge in [0.25, 0.3) is 0 Å². The second-order valence-corrected chi connectivity index (χ2v) is 4.85. The lowest BCUT2D eigenvalue weighted by Crippen LogP contribution is -2.37. The van der Waals surface area contributed by atoms with Gasteiger partial charge in [-0.25, -0.2) is 4.79 Å². The third-order valence-corrected chi connectivity index (χ3v) is 3.62. The molecule has 0 radical (unpaired) electrons. The maximum Gasteiger partial charge on any atom is 0.376 e. The maximum absolute atomic E-state index is 11.9. The van der Waals surface area contributed by atoms with Crippen LogP contribution in [-0.4, -0.2) is 51.9 Å². The Morgan fingerprint density at radius 1 is 1.42 bits per heavy atom. The van der Waals surface area contributed by atoms with E-state index in [1.165, 1.54) is 0 Å². The fraction of sp³-hybridized carbons (Fsp3) is 0.769. The van der Waals surface area contributed by atoms with Crippen molar-refractivity contribution in [3.05, 3.63) is 11.6 Å². The first-order valence-corrected chi connectivity index (χ1v) is 6.98. The summed E-state index contributed by atoms with van der Waals surface area (Å²) in [5, 5.41) is 8.02. The van der Waals surface area contributed by atoms with Crippen molar-refractivity contribution in [2.45, 2.75) is 39.7 Å². The van der Waals surface area contributed by atoms with Gasteiger partial charge in [-0.3, -0.25) is 0 Å². The van der Waals surface area contributed by atoms with Gasteiger partial charge in [-0.2, -0.15) is 0 Å². The van der Waals surface area contributed by atoms with Crippen LogP contribution >= 0.6 is 0 Å². The number of likely N-dealkylation sites (N-methyl/N-ethyl adjacent to an activating group) is 1. The largest absolute Gasteiger partial charge is 0.460 e. The first kappa shape index (κ1) is 14.0. The second-order valence-electron chi connectivity index (χ2n) is 4.85. The molecule has 0 N–H and O–H groups in total. The summed E-state index contributed by atoms with van der Waals surface area (Å²) in [6.45, 7) is 9.31. The molecular formula is C13H22N4O2. The van der Waals surface area contributed by atoms with E-state index in [4.69, 9.17) is 4.74 Å². The number of rotatable bonds is 4. The quantitative estimate of drug-likeness (QED) is 0.771. The minimum absolute atomic E-state index is 0.267. The van der Waals surface area contributed by atoms with Gasteiger partial charge in [-0.05, 0) is 39.8 Å². The summed E-state index contributed by atoms with van der Waals surface area (Å²) in [4.78, 5) is 14.3. The molecule has 6 heteroatoms. The number of hydrogen-bond acceptors (Lipinski definition) is 5. The Hall–Kier alpha value is -1.43. The van der Waals surface area contributed by atoms with Crippen molar-refractivity contribution < 1.29 is 9.53 Å². The molecule has 2 rings (SSSR count). The van der Waals surface area contributed by atoms with E-state index in [1.807, 2.05) is 11.5 Å². The van der Waals surface area contributed by atoms with Crippen molar-refractivity contribution in [1.29, 1.82) is 0 Å². The molecule has 1 fully saturated rings. The van der Waals surface area contributed by atoms with Crippen LogP contribution in [0, 0.1) is 6.92 Å². The van der Waals surface area contributed by atoms with Crippen LogP contribution < -0.4 is 0 Å². The highest BCUT2D eigenvalue weighted by Gasteiger charge is 2.27. The second kappa shape index (κ2) is 6.14. The van der Waals surface area contributed by atoms with Crippen LogP contribution in [0.4, 0.5) is 0 Å². The zero-order chi connectivity index (χ0) is 13.8. The first-order chi connectivity index (χ1) is 9.17. The first-order valence-electron chi connectivity index (χ1n) is 6.98. The molecular weight excluding hydrogens is 244 g/mol. The summed E-state index contributed by atoms with van der Waals surface area (Å²) in [6.07, 6.45) is 2.19. The Bertz CT molecular complexity index is 444. The third-order valence-electron chi connectivity index (χ3n) is 3.62. The lowest BCUT2D eigenvalue weighted by molar-refractivity contribution is 0.0498. The molecule has 1 unspecified atom stereocenters. The summed E-state index contributed by atoms with van der Waals surface area (Å²) in [6, 6.07) is 0.267. The van der Waals surface area contributed by atoms with E-state index in [-0.39, 0.29) is 12.0 Å². The van der Waals surface area contributed by atoms with Gasteiger partial charge in [0.05, 0.1) is 6.61 Å². The standard InChI is InChI=1S/C13H22N4O2/c1-4-16-8-6-7-11(9-16)17-10(3)14-15-12(17)13(18)19-5-2/h11H,4-9H2,1-3H3. The van der Waals surface area contributed by atoms with E-state index in [0.29, 0.717) is 12.4 Å². The monoisotopic (exact) mass is 266 g/mol. The van der Waals surface area contributed by atoms with Crippen LogP contribution in [0.3, 0.4) is 0 Å². The minimum Gasteiger partial charge on any atom is -0.460 e. The maximum atomic E-state index is 11.9. The molecule has 0 aromatic carbocycles. The van der Waals surface area contributed by atoms with Gasteiger partial charge >= 0.3 is 5.97 Å². The van der Waals surface area contributed by atoms with E-state index in [1.54, 1.807) is 6.92 Å². The Morgan fingerprint density at radius 2 is 2.21 bits per heavy atom. The van der Waals surface area contributed by atoms with Crippen molar-refractivity contribution in [3.8, 4) is 0 Å². The summed E-state index contributed by atoms with van der Waals surface area (Å²) in [5.41, 5.74) is 0. The number of carbonyl (C=O) groups is 1. The average molecular weight is 266 g/mol. The van der Waals surface area contributed by atoms with Gasteiger partial charge in [-0.15, -0.1) is 10.2 Å². The molecule has 1 aromatic rings. The molecule has 2 heterocycles. The van der Waals surface area contributed by atoms with Crippen LogP contribution in [0.1, 0.15) is 49.2 Å². The molecule has 1 atom stereocenters. The van der Waals surface area contributed by atoms with E-state index in [0.717, 1.165) is 38.3 Å². The molecule has 19 heavy (non-hydrogen) atoms. The number of ether oxygens (including phenoxy) is 1. The number of piperidine rings is 1. The minimum atomic E-state index is -0.378. The number of nitrogens with zero attached hydrogens (tertiary/aromatic N) is 4. The van der Waals surface area contributed by atoms with Crippen LogP contribution in [-0.2, 0) is 4.74 Å². The summed E-state index contributed by atoms with van der Waals surface area (Å²) in [5.74, 6) is 0.741. The van der Waals surface area contributed by atoms with Crippen LogP contribution in [0.25, 0.3) is 0 Å². The Kier molecular flexibility index (Phi) is 4.52. The van der Waals surface area contributed by atoms with E-state index < -0.39 is 0 Å². The highest BCUT2D eigenvalue weighted by Crippen LogP contribution is 2.24.